The van der Waals surface area contributed by atoms with Crippen LogP contribution in [0.25, 0.3) is 0 Å². The molecule has 0 bridgehead atoms. The van der Waals surface area contributed by atoms with Crippen LogP contribution in [0.2, 0.25) is 0 Å². The van der Waals surface area contributed by atoms with Crippen LogP contribution >= 0.6 is 0 Å². The number of rotatable bonds is 5. The summed E-state index contributed by atoms with van der Waals surface area (Å²) in [5, 5.41) is 5.29. The zero-order chi connectivity index (χ0) is 19.2. The van der Waals surface area contributed by atoms with Gasteiger partial charge in [-0.3, -0.25) is 4.79 Å². The van der Waals surface area contributed by atoms with Crippen LogP contribution in [0.15, 0.2) is 72.8 Å². The van der Waals surface area contributed by atoms with Crippen molar-refractivity contribution in [2.45, 2.75) is 6.92 Å². The third-order valence-electron chi connectivity index (χ3n) is 3.80. The zero-order valence-corrected chi connectivity index (χ0v) is 14.7. The maximum atomic E-state index is 12.5. The second-order valence-corrected chi connectivity index (χ2v) is 5.93. The van der Waals surface area contributed by atoms with Crippen LogP contribution in [0.3, 0.4) is 0 Å². The molecule has 4 N–H and O–H groups in total. The Balaban J connectivity index is 1.74. The number of para-hydroxylation sites is 2. The normalized spacial score (nSPS) is 10.1. The molecule has 0 spiro atoms. The summed E-state index contributed by atoms with van der Waals surface area (Å²) in [6.45, 7) is 2.00. The van der Waals surface area contributed by atoms with Crippen molar-refractivity contribution >= 4 is 23.3 Å². The van der Waals surface area contributed by atoms with E-state index >= 15 is 0 Å². The molecule has 3 aromatic rings. The molecule has 136 valence electrons. The summed E-state index contributed by atoms with van der Waals surface area (Å²) in [5.41, 5.74) is 7.72. The summed E-state index contributed by atoms with van der Waals surface area (Å²) >= 11 is 0. The van der Waals surface area contributed by atoms with Crippen LogP contribution in [0.1, 0.15) is 15.9 Å². The smallest absolute Gasteiger partial charge is 0.316 e. The number of nitrogens with two attached hydrogens (primary N) is 1. The van der Waals surface area contributed by atoms with E-state index in [0.717, 1.165) is 5.56 Å². The van der Waals surface area contributed by atoms with Crippen LogP contribution in [0.5, 0.6) is 11.5 Å². The van der Waals surface area contributed by atoms with Gasteiger partial charge in [0.05, 0.1) is 5.69 Å². The SMILES string of the molecule is Cc1ccc(Oc2ccccc2NC(=O)c2ccc(NC(N)=O)cc2)cc1. The Kier molecular flexibility index (Phi) is 5.37. The number of urea groups is 1. The Labute approximate surface area is 157 Å². The van der Waals surface area contributed by atoms with E-state index in [1.807, 2.05) is 43.3 Å². The quantitative estimate of drug-likeness (QED) is 0.623. The molecule has 0 heterocycles. The highest BCUT2D eigenvalue weighted by Gasteiger charge is 2.11. The fraction of sp³-hybridized carbons (Fsp3) is 0.0476. The van der Waals surface area contributed by atoms with Gasteiger partial charge in [0.1, 0.15) is 5.75 Å². The predicted molar refractivity (Wildman–Crippen MR) is 105 cm³/mol. The minimum absolute atomic E-state index is 0.291. The van der Waals surface area contributed by atoms with E-state index in [4.69, 9.17) is 10.5 Å². The van der Waals surface area contributed by atoms with E-state index in [1.165, 1.54) is 0 Å². The summed E-state index contributed by atoms with van der Waals surface area (Å²) in [7, 11) is 0. The van der Waals surface area contributed by atoms with E-state index in [2.05, 4.69) is 10.6 Å². The van der Waals surface area contributed by atoms with Crippen LogP contribution < -0.4 is 21.1 Å². The molecule has 0 aliphatic heterocycles. The lowest BCUT2D eigenvalue weighted by atomic mass is 10.2. The largest absolute Gasteiger partial charge is 0.455 e. The fourth-order valence-corrected chi connectivity index (χ4v) is 2.43. The molecule has 0 radical (unpaired) electrons. The van der Waals surface area contributed by atoms with E-state index in [9.17, 15) is 9.59 Å². The molecule has 3 aromatic carbocycles. The zero-order valence-electron chi connectivity index (χ0n) is 14.7. The monoisotopic (exact) mass is 361 g/mol. The maximum Gasteiger partial charge on any atom is 0.316 e. The lowest BCUT2D eigenvalue weighted by Gasteiger charge is -2.12. The standard InChI is InChI=1S/C21H19N3O3/c1-14-6-12-17(13-7-14)27-19-5-3-2-4-18(19)24-20(25)15-8-10-16(11-9-15)23-21(22)26/h2-13H,1H3,(H,24,25)(H3,22,23,26). The lowest BCUT2D eigenvalue weighted by molar-refractivity contribution is 0.102. The number of nitrogens with one attached hydrogen (secondary N) is 2. The Morgan fingerprint density at radius 2 is 1.52 bits per heavy atom. The van der Waals surface area contributed by atoms with Gasteiger partial charge in [-0.15, -0.1) is 0 Å². The third-order valence-corrected chi connectivity index (χ3v) is 3.80. The number of amides is 3. The number of aryl methyl sites for hydroxylation is 1. The van der Waals surface area contributed by atoms with Crippen LogP contribution in [0, 0.1) is 6.92 Å². The van der Waals surface area contributed by atoms with E-state index < -0.39 is 6.03 Å². The number of carbonyl (C=O) groups is 2. The molecule has 0 atom stereocenters. The van der Waals surface area contributed by atoms with Gasteiger partial charge in [0.15, 0.2) is 5.75 Å². The summed E-state index contributed by atoms with van der Waals surface area (Å²) in [6, 6.07) is 20.6. The number of ether oxygens (including phenoxy) is 1. The first-order valence-corrected chi connectivity index (χ1v) is 8.33. The number of carbonyl (C=O) groups excluding carboxylic acids is 2. The van der Waals surface area contributed by atoms with Gasteiger partial charge in [-0.05, 0) is 55.5 Å². The average molecular weight is 361 g/mol. The van der Waals surface area contributed by atoms with E-state index in [-0.39, 0.29) is 5.91 Å². The van der Waals surface area contributed by atoms with Crippen LogP contribution in [-0.4, -0.2) is 11.9 Å². The van der Waals surface area contributed by atoms with Crippen molar-refractivity contribution in [3.05, 3.63) is 83.9 Å². The summed E-state index contributed by atoms with van der Waals surface area (Å²) in [5.74, 6) is 0.937. The molecule has 0 saturated carbocycles. The van der Waals surface area contributed by atoms with Gasteiger partial charge in [-0.25, -0.2) is 4.79 Å². The minimum atomic E-state index is -0.658. The van der Waals surface area contributed by atoms with Gasteiger partial charge in [-0.2, -0.15) is 0 Å². The molecule has 3 rings (SSSR count). The third kappa shape index (κ3) is 4.85. The number of hydrogen-bond acceptors (Lipinski definition) is 3. The van der Waals surface area contributed by atoms with Gasteiger partial charge in [0.2, 0.25) is 0 Å². The Morgan fingerprint density at radius 3 is 2.19 bits per heavy atom. The first-order chi connectivity index (χ1) is 13.0. The molecule has 27 heavy (non-hydrogen) atoms. The fourth-order valence-electron chi connectivity index (χ4n) is 2.43. The molecule has 0 aliphatic carbocycles. The molecule has 6 nitrogen and oxygen atoms in total. The second-order valence-electron chi connectivity index (χ2n) is 5.93. The summed E-state index contributed by atoms with van der Waals surface area (Å²) in [6.07, 6.45) is 0. The lowest BCUT2D eigenvalue weighted by Crippen LogP contribution is -2.19. The van der Waals surface area contributed by atoms with Crippen molar-refractivity contribution in [3.63, 3.8) is 0 Å². The van der Waals surface area contributed by atoms with Crippen LogP contribution in [-0.2, 0) is 0 Å². The van der Waals surface area contributed by atoms with Crippen molar-refractivity contribution in [1.29, 1.82) is 0 Å². The molecule has 6 heteroatoms. The van der Waals surface area contributed by atoms with Gasteiger partial charge in [0, 0.05) is 11.3 Å². The summed E-state index contributed by atoms with van der Waals surface area (Å²) in [4.78, 5) is 23.4. The van der Waals surface area contributed by atoms with Gasteiger partial charge in [0.25, 0.3) is 5.91 Å². The molecule has 3 amide bonds. The van der Waals surface area contributed by atoms with E-state index in [1.54, 1.807) is 36.4 Å². The topological polar surface area (TPSA) is 93.4 Å². The first-order valence-electron chi connectivity index (χ1n) is 8.33. The molecule has 0 fully saturated rings. The summed E-state index contributed by atoms with van der Waals surface area (Å²) < 4.78 is 5.89. The van der Waals surface area contributed by atoms with Crippen molar-refractivity contribution in [1.82, 2.24) is 0 Å². The van der Waals surface area contributed by atoms with Crippen LogP contribution in [0.4, 0.5) is 16.2 Å². The van der Waals surface area contributed by atoms with Gasteiger partial charge < -0.3 is 21.1 Å². The second kappa shape index (κ2) is 8.05. The molecule has 0 aliphatic rings. The molecular weight excluding hydrogens is 342 g/mol. The van der Waals surface area contributed by atoms with Crippen molar-refractivity contribution in [2.24, 2.45) is 5.73 Å². The average Bonchev–Trinajstić information content (AvgIpc) is 2.65. The maximum absolute atomic E-state index is 12.5. The highest BCUT2D eigenvalue weighted by molar-refractivity contribution is 6.05. The number of primary amides is 1. The molecule has 0 aromatic heterocycles. The van der Waals surface area contributed by atoms with Gasteiger partial charge in [-0.1, -0.05) is 29.8 Å². The van der Waals surface area contributed by atoms with Crippen molar-refractivity contribution in [3.8, 4) is 11.5 Å². The highest BCUT2D eigenvalue weighted by atomic mass is 16.5. The molecular formula is C21H19N3O3. The van der Waals surface area contributed by atoms with Crippen molar-refractivity contribution in [2.75, 3.05) is 10.6 Å². The molecule has 0 unspecified atom stereocenters. The minimum Gasteiger partial charge on any atom is -0.455 e. The van der Waals surface area contributed by atoms with E-state index in [0.29, 0.717) is 28.4 Å². The molecule has 0 saturated heterocycles. The van der Waals surface area contributed by atoms with Gasteiger partial charge >= 0.3 is 6.03 Å². The Hall–Kier alpha value is -3.80. The predicted octanol–water partition coefficient (Wildman–Crippen LogP) is 4.53. The number of anilines is 2. The Morgan fingerprint density at radius 1 is 0.852 bits per heavy atom. The number of hydrogen-bond donors (Lipinski definition) is 3. The Bertz CT molecular complexity index is 951. The number of benzene rings is 3. The van der Waals surface area contributed by atoms with Crippen molar-refractivity contribution < 1.29 is 14.3 Å². The first kappa shape index (κ1) is 18.0. The highest BCUT2D eigenvalue weighted by Crippen LogP contribution is 2.29.